The third-order valence-electron chi connectivity index (χ3n) is 3.20. The quantitative estimate of drug-likeness (QED) is 0.734. The van der Waals surface area contributed by atoms with Gasteiger partial charge >= 0.3 is 0 Å². The van der Waals surface area contributed by atoms with Gasteiger partial charge in [-0.1, -0.05) is 24.3 Å². The van der Waals surface area contributed by atoms with Gasteiger partial charge in [0.15, 0.2) is 0 Å². The Morgan fingerprint density at radius 3 is 2.26 bits per heavy atom. The van der Waals surface area contributed by atoms with Gasteiger partial charge in [0.05, 0.1) is 12.5 Å². The molecule has 1 unspecified atom stereocenters. The van der Waals surface area contributed by atoms with Crippen molar-refractivity contribution < 1.29 is 9.13 Å². The van der Waals surface area contributed by atoms with Crippen molar-refractivity contribution in [2.75, 3.05) is 7.11 Å². The summed E-state index contributed by atoms with van der Waals surface area (Å²) in [6.45, 7) is 3.71. The highest BCUT2D eigenvalue weighted by atomic mass is 35.5. The Kier molecular flexibility index (Phi) is 4.11. The molecule has 0 aromatic heterocycles. The molecule has 1 atom stereocenters. The maximum Gasteiger partial charge on any atom is 0.126 e. The van der Waals surface area contributed by atoms with Crippen molar-refractivity contribution in [1.82, 2.24) is 0 Å². The average molecular weight is 279 g/mol. The first-order valence-corrected chi connectivity index (χ1v) is 6.51. The van der Waals surface area contributed by atoms with Gasteiger partial charge in [-0.05, 0) is 48.2 Å². The van der Waals surface area contributed by atoms with Gasteiger partial charge in [0.25, 0.3) is 0 Å². The second-order valence-corrected chi connectivity index (χ2v) is 5.04. The predicted octanol–water partition coefficient (Wildman–Crippen LogP) is 4.78. The van der Waals surface area contributed by atoms with Crippen LogP contribution in [0.15, 0.2) is 36.4 Å². The fourth-order valence-electron chi connectivity index (χ4n) is 2.01. The minimum atomic E-state index is -0.311. The van der Waals surface area contributed by atoms with E-state index >= 15 is 0 Å². The van der Waals surface area contributed by atoms with E-state index < -0.39 is 0 Å². The number of halogens is 2. The van der Waals surface area contributed by atoms with Crippen LogP contribution in [0.4, 0.5) is 4.39 Å². The number of hydrogen-bond donors (Lipinski definition) is 0. The first-order valence-electron chi connectivity index (χ1n) is 6.07. The molecule has 0 saturated carbocycles. The Morgan fingerprint density at radius 1 is 1.00 bits per heavy atom. The number of alkyl halides is 1. The first-order chi connectivity index (χ1) is 9.02. The van der Waals surface area contributed by atoms with E-state index in [4.69, 9.17) is 16.3 Å². The van der Waals surface area contributed by atoms with E-state index in [2.05, 4.69) is 0 Å². The molecule has 0 aliphatic rings. The first kappa shape index (κ1) is 13.9. The minimum Gasteiger partial charge on any atom is -0.496 e. The summed E-state index contributed by atoms with van der Waals surface area (Å²) in [5, 5.41) is -0.311. The third-order valence-corrected chi connectivity index (χ3v) is 3.70. The standard InChI is InChI=1S/C16H16ClFO/c1-10-4-5-13(9-15(10)19-3)16(17)12-6-7-14(18)11(2)8-12/h4-9,16H,1-3H3. The van der Waals surface area contributed by atoms with E-state index in [1.54, 1.807) is 26.2 Å². The van der Waals surface area contributed by atoms with Crippen LogP contribution < -0.4 is 4.74 Å². The summed E-state index contributed by atoms with van der Waals surface area (Å²) in [5.41, 5.74) is 3.48. The number of benzene rings is 2. The molecule has 0 fully saturated rings. The van der Waals surface area contributed by atoms with Crippen LogP contribution in [0, 0.1) is 19.7 Å². The smallest absolute Gasteiger partial charge is 0.126 e. The van der Waals surface area contributed by atoms with Gasteiger partial charge in [0.1, 0.15) is 11.6 Å². The Hall–Kier alpha value is -1.54. The fraction of sp³-hybridized carbons (Fsp3) is 0.250. The molecular weight excluding hydrogens is 263 g/mol. The molecule has 2 rings (SSSR count). The van der Waals surface area contributed by atoms with Crippen LogP contribution in [0.5, 0.6) is 5.75 Å². The fourth-order valence-corrected chi connectivity index (χ4v) is 2.28. The molecular formula is C16H16ClFO. The summed E-state index contributed by atoms with van der Waals surface area (Å²) in [7, 11) is 1.64. The molecule has 0 N–H and O–H groups in total. The zero-order chi connectivity index (χ0) is 14.0. The molecule has 0 aliphatic carbocycles. The number of aryl methyl sites for hydroxylation is 2. The number of ether oxygens (including phenoxy) is 1. The highest BCUT2D eigenvalue weighted by Crippen LogP contribution is 2.32. The Bertz CT molecular complexity index is 595. The maximum atomic E-state index is 13.3. The molecule has 19 heavy (non-hydrogen) atoms. The van der Waals surface area contributed by atoms with Crippen LogP contribution >= 0.6 is 11.6 Å². The van der Waals surface area contributed by atoms with Gasteiger partial charge in [0, 0.05) is 0 Å². The number of methoxy groups -OCH3 is 1. The second-order valence-electron chi connectivity index (χ2n) is 4.60. The molecule has 2 aromatic carbocycles. The van der Waals surface area contributed by atoms with Crippen LogP contribution in [0.25, 0.3) is 0 Å². The molecule has 0 amide bonds. The van der Waals surface area contributed by atoms with Crippen molar-refractivity contribution >= 4 is 11.6 Å². The Balaban J connectivity index is 2.37. The molecule has 1 nitrogen and oxygen atoms in total. The van der Waals surface area contributed by atoms with E-state index in [0.29, 0.717) is 5.56 Å². The van der Waals surface area contributed by atoms with Gasteiger partial charge in [-0.25, -0.2) is 4.39 Å². The second kappa shape index (κ2) is 5.62. The van der Waals surface area contributed by atoms with Crippen molar-refractivity contribution in [1.29, 1.82) is 0 Å². The van der Waals surface area contributed by atoms with Gasteiger partial charge in [-0.3, -0.25) is 0 Å². The molecule has 3 heteroatoms. The van der Waals surface area contributed by atoms with Crippen LogP contribution in [-0.4, -0.2) is 7.11 Å². The topological polar surface area (TPSA) is 9.23 Å². The molecule has 0 saturated heterocycles. The van der Waals surface area contributed by atoms with Gasteiger partial charge in [0.2, 0.25) is 0 Å². The SMILES string of the molecule is COc1cc(C(Cl)c2ccc(F)c(C)c2)ccc1C. The largest absolute Gasteiger partial charge is 0.496 e. The number of rotatable bonds is 3. The molecule has 2 aromatic rings. The lowest BCUT2D eigenvalue weighted by Crippen LogP contribution is -1.97. The zero-order valence-electron chi connectivity index (χ0n) is 11.2. The van der Waals surface area contributed by atoms with E-state index in [9.17, 15) is 4.39 Å². The molecule has 0 bridgehead atoms. The molecule has 100 valence electrons. The van der Waals surface area contributed by atoms with Gasteiger partial charge in [-0.2, -0.15) is 0 Å². The normalized spacial score (nSPS) is 12.3. The molecule has 0 radical (unpaired) electrons. The zero-order valence-corrected chi connectivity index (χ0v) is 12.0. The Morgan fingerprint density at radius 2 is 1.63 bits per heavy atom. The highest BCUT2D eigenvalue weighted by Gasteiger charge is 2.13. The van der Waals surface area contributed by atoms with Crippen LogP contribution in [-0.2, 0) is 0 Å². The van der Waals surface area contributed by atoms with E-state index in [-0.39, 0.29) is 11.2 Å². The van der Waals surface area contributed by atoms with Crippen molar-refractivity contribution in [3.63, 3.8) is 0 Å². The lowest BCUT2D eigenvalue weighted by molar-refractivity contribution is 0.411. The summed E-state index contributed by atoms with van der Waals surface area (Å²) in [4.78, 5) is 0. The lowest BCUT2D eigenvalue weighted by Gasteiger charge is -2.14. The van der Waals surface area contributed by atoms with Gasteiger partial charge < -0.3 is 4.74 Å². The molecule has 0 heterocycles. The summed E-state index contributed by atoms with van der Waals surface area (Å²) in [6.07, 6.45) is 0. The van der Waals surface area contributed by atoms with E-state index in [0.717, 1.165) is 22.4 Å². The van der Waals surface area contributed by atoms with Crippen molar-refractivity contribution in [3.05, 3.63) is 64.5 Å². The van der Waals surface area contributed by atoms with Crippen LogP contribution in [0.2, 0.25) is 0 Å². The highest BCUT2D eigenvalue weighted by molar-refractivity contribution is 6.22. The van der Waals surface area contributed by atoms with E-state index in [1.165, 1.54) is 6.07 Å². The monoisotopic (exact) mass is 278 g/mol. The summed E-state index contributed by atoms with van der Waals surface area (Å²) in [6, 6.07) is 10.8. The van der Waals surface area contributed by atoms with Crippen molar-refractivity contribution in [2.45, 2.75) is 19.2 Å². The predicted molar refractivity (Wildman–Crippen MR) is 76.6 cm³/mol. The average Bonchev–Trinajstić information content (AvgIpc) is 2.41. The summed E-state index contributed by atoms with van der Waals surface area (Å²) < 4.78 is 18.6. The maximum absolute atomic E-state index is 13.3. The van der Waals surface area contributed by atoms with Crippen molar-refractivity contribution in [3.8, 4) is 5.75 Å². The minimum absolute atomic E-state index is 0.214. The van der Waals surface area contributed by atoms with Crippen molar-refractivity contribution in [2.24, 2.45) is 0 Å². The number of hydrogen-bond acceptors (Lipinski definition) is 1. The molecule has 0 spiro atoms. The lowest BCUT2D eigenvalue weighted by atomic mass is 10.0. The third kappa shape index (κ3) is 2.90. The summed E-state index contributed by atoms with van der Waals surface area (Å²) in [5.74, 6) is 0.594. The van der Waals surface area contributed by atoms with E-state index in [1.807, 2.05) is 25.1 Å². The van der Waals surface area contributed by atoms with Crippen LogP contribution in [0.3, 0.4) is 0 Å². The summed E-state index contributed by atoms with van der Waals surface area (Å²) >= 11 is 6.46. The Labute approximate surface area is 118 Å². The van der Waals surface area contributed by atoms with Crippen LogP contribution in [0.1, 0.15) is 27.6 Å². The molecule has 0 aliphatic heterocycles. The van der Waals surface area contributed by atoms with Gasteiger partial charge in [-0.15, -0.1) is 11.6 Å².